The van der Waals surface area contributed by atoms with E-state index in [2.05, 4.69) is 0 Å². The van der Waals surface area contributed by atoms with Gasteiger partial charge in [-0.15, -0.1) is 0 Å². The molecule has 0 aliphatic heterocycles. The van der Waals surface area contributed by atoms with Crippen LogP contribution < -0.4 is 0 Å². The molecule has 1 aliphatic rings. The van der Waals surface area contributed by atoms with Gasteiger partial charge in [0.2, 0.25) is 5.78 Å². The summed E-state index contributed by atoms with van der Waals surface area (Å²) >= 11 is 0. The topological polar surface area (TPSA) is 80.7 Å². The summed E-state index contributed by atoms with van der Waals surface area (Å²) in [5.41, 5.74) is -1.31. The average molecular weight is 234 g/mol. The predicted molar refractivity (Wildman–Crippen MR) is 53.5 cm³/mol. The minimum atomic E-state index is -4.40. The molecule has 6 heteroatoms. The van der Waals surface area contributed by atoms with Gasteiger partial charge in [0.25, 0.3) is 0 Å². The van der Waals surface area contributed by atoms with Crippen molar-refractivity contribution < 1.29 is 23.6 Å². The van der Waals surface area contributed by atoms with Gasteiger partial charge in [0.15, 0.2) is 0 Å². The van der Waals surface area contributed by atoms with E-state index in [0.717, 1.165) is 26.2 Å². The summed E-state index contributed by atoms with van der Waals surface area (Å²) < 4.78 is 16.2. The van der Waals surface area contributed by atoms with E-state index in [1.807, 2.05) is 0 Å². The highest BCUT2D eigenvalue weighted by atomic mass is 31.2. The van der Waals surface area contributed by atoms with E-state index in [1.54, 1.807) is 0 Å². The van der Waals surface area contributed by atoms with E-state index in [-0.39, 0.29) is 6.10 Å². The Kier molecular flexibility index (Phi) is 4.20. The van der Waals surface area contributed by atoms with Crippen LogP contribution in [0.15, 0.2) is 0 Å². The molecule has 1 aliphatic carbocycles. The lowest BCUT2D eigenvalue weighted by atomic mass is 9.98. The van der Waals surface area contributed by atoms with Crippen molar-refractivity contribution in [1.29, 1.82) is 0 Å². The maximum absolute atomic E-state index is 11.4. The molecule has 1 unspecified atom stereocenters. The Labute approximate surface area is 88.3 Å². The van der Waals surface area contributed by atoms with Crippen molar-refractivity contribution in [2.45, 2.75) is 45.1 Å². The quantitative estimate of drug-likeness (QED) is 0.590. The zero-order valence-electron chi connectivity index (χ0n) is 8.64. The first-order chi connectivity index (χ1) is 6.93. The molecular weight excluding hydrogens is 219 g/mol. The molecule has 0 spiro atoms. The highest BCUT2D eigenvalue weighted by Gasteiger charge is 2.36. The van der Waals surface area contributed by atoms with Crippen LogP contribution in [0.4, 0.5) is 0 Å². The molecule has 0 radical (unpaired) electrons. The molecule has 0 heterocycles. The smallest absolute Gasteiger partial charge is 0.319 e. The van der Waals surface area contributed by atoms with Gasteiger partial charge in [-0.05, 0) is 12.8 Å². The van der Waals surface area contributed by atoms with Crippen LogP contribution in [-0.4, -0.2) is 22.3 Å². The maximum Gasteiger partial charge on any atom is 0.402 e. The largest absolute Gasteiger partial charge is 0.402 e. The highest BCUT2D eigenvalue weighted by Crippen LogP contribution is 2.46. The van der Waals surface area contributed by atoms with Crippen molar-refractivity contribution >= 4 is 18.9 Å². The summed E-state index contributed by atoms with van der Waals surface area (Å²) in [5.74, 6) is -0.934. The van der Waals surface area contributed by atoms with Crippen LogP contribution in [0.3, 0.4) is 0 Å². The van der Waals surface area contributed by atoms with Crippen molar-refractivity contribution in [3.05, 3.63) is 0 Å². The number of hydrogen-bond acceptors (Lipinski definition) is 4. The van der Waals surface area contributed by atoms with E-state index in [0.29, 0.717) is 12.8 Å². The van der Waals surface area contributed by atoms with Gasteiger partial charge in [-0.1, -0.05) is 19.3 Å². The van der Waals surface area contributed by atoms with Crippen molar-refractivity contribution in [2.24, 2.45) is 0 Å². The van der Waals surface area contributed by atoms with Gasteiger partial charge in [-0.3, -0.25) is 18.7 Å². The van der Waals surface area contributed by atoms with Crippen LogP contribution in [0.1, 0.15) is 39.0 Å². The molecule has 0 aromatic heterocycles. The van der Waals surface area contributed by atoms with Crippen molar-refractivity contribution in [3.63, 3.8) is 0 Å². The lowest BCUT2D eigenvalue weighted by Gasteiger charge is -2.23. The Hall–Kier alpha value is -0.510. The molecule has 0 bridgehead atoms. The summed E-state index contributed by atoms with van der Waals surface area (Å²) in [6.45, 7) is 0.968. The first kappa shape index (κ1) is 12.6. The molecule has 0 saturated heterocycles. The van der Waals surface area contributed by atoms with Crippen LogP contribution in [0, 0.1) is 0 Å². The Morgan fingerprint density at radius 3 is 2.27 bits per heavy atom. The van der Waals surface area contributed by atoms with Gasteiger partial charge in [-0.2, -0.15) is 0 Å². The third-order valence-corrected chi connectivity index (χ3v) is 3.81. The Morgan fingerprint density at radius 1 is 1.27 bits per heavy atom. The standard InChI is InChI=1S/C9H15O5P/c1-7(10)9(11)15(12,13)14-8-5-3-2-4-6-8/h8H,2-6H2,1H3,(H,12,13). The summed E-state index contributed by atoms with van der Waals surface area (Å²) in [7, 11) is -4.40. The second-order valence-corrected chi connectivity index (χ2v) is 5.40. The van der Waals surface area contributed by atoms with Crippen molar-refractivity contribution in [2.75, 3.05) is 0 Å². The van der Waals surface area contributed by atoms with Gasteiger partial charge in [0.05, 0.1) is 6.10 Å². The minimum absolute atomic E-state index is 0.363. The highest BCUT2D eigenvalue weighted by molar-refractivity contribution is 7.74. The van der Waals surface area contributed by atoms with Crippen LogP contribution in [-0.2, 0) is 18.7 Å². The minimum Gasteiger partial charge on any atom is -0.319 e. The Bertz CT molecular complexity index is 306. The van der Waals surface area contributed by atoms with Crippen LogP contribution in [0.5, 0.6) is 0 Å². The number of carbonyl (C=O) groups excluding carboxylic acids is 2. The molecule has 1 atom stereocenters. The molecule has 1 fully saturated rings. The lowest BCUT2D eigenvalue weighted by molar-refractivity contribution is -0.131. The van der Waals surface area contributed by atoms with Gasteiger partial charge in [-0.25, -0.2) is 0 Å². The van der Waals surface area contributed by atoms with E-state index in [1.165, 1.54) is 0 Å². The molecule has 5 nitrogen and oxygen atoms in total. The molecule has 15 heavy (non-hydrogen) atoms. The second kappa shape index (κ2) is 5.01. The first-order valence-corrected chi connectivity index (χ1v) is 6.58. The fourth-order valence-corrected chi connectivity index (χ4v) is 2.73. The number of ketones is 1. The van der Waals surface area contributed by atoms with Crippen LogP contribution in [0.2, 0.25) is 0 Å². The van der Waals surface area contributed by atoms with E-state index < -0.39 is 18.9 Å². The zero-order valence-corrected chi connectivity index (χ0v) is 9.53. The van der Waals surface area contributed by atoms with Crippen LogP contribution in [0.25, 0.3) is 0 Å². The number of hydrogen-bond donors (Lipinski definition) is 1. The monoisotopic (exact) mass is 234 g/mol. The summed E-state index contributed by atoms with van der Waals surface area (Å²) in [6.07, 6.45) is 3.93. The molecule has 86 valence electrons. The fourth-order valence-electron chi connectivity index (χ4n) is 1.62. The lowest BCUT2D eigenvalue weighted by Crippen LogP contribution is -2.20. The zero-order chi connectivity index (χ0) is 11.5. The molecule has 0 aromatic rings. The Morgan fingerprint density at radius 2 is 1.80 bits per heavy atom. The van der Waals surface area contributed by atoms with E-state index in [4.69, 9.17) is 4.52 Å². The second-order valence-electron chi connectivity index (χ2n) is 3.75. The van der Waals surface area contributed by atoms with Gasteiger partial charge in [0.1, 0.15) is 0 Å². The predicted octanol–water partition coefficient (Wildman–Crippen LogP) is 1.64. The van der Waals surface area contributed by atoms with Gasteiger partial charge < -0.3 is 4.89 Å². The summed E-state index contributed by atoms with van der Waals surface area (Å²) in [6, 6.07) is 0. The third-order valence-electron chi connectivity index (χ3n) is 2.40. The normalized spacial score (nSPS) is 22.0. The fraction of sp³-hybridized carbons (Fsp3) is 0.778. The summed E-state index contributed by atoms with van der Waals surface area (Å²) in [5, 5.41) is 0. The van der Waals surface area contributed by atoms with E-state index >= 15 is 0 Å². The van der Waals surface area contributed by atoms with Crippen LogP contribution >= 0.6 is 7.60 Å². The van der Waals surface area contributed by atoms with Crippen molar-refractivity contribution in [3.8, 4) is 0 Å². The van der Waals surface area contributed by atoms with Gasteiger partial charge in [0, 0.05) is 6.92 Å². The molecule has 0 aromatic carbocycles. The molecule has 0 amide bonds. The molecule has 1 saturated carbocycles. The first-order valence-electron chi connectivity index (χ1n) is 5.00. The number of carbonyl (C=O) groups is 2. The SMILES string of the molecule is CC(=O)C(=O)P(=O)(O)OC1CCCCC1. The number of rotatable bonds is 4. The molecular formula is C9H15O5P. The maximum atomic E-state index is 11.4. The summed E-state index contributed by atoms with van der Waals surface area (Å²) in [4.78, 5) is 31.0. The number of Topliss-reactive ketones (excluding diaryl/α,β-unsaturated/α-hetero) is 1. The Balaban J connectivity index is 2.58. The molecule has 1 rings (SSSR count). The van der Waals surface area contributed by atoms with E-state index in [9.17, 15) is 19.0 Å². The van der Waals surface area contributed by atoms with Gasteiger partial charge >= 0.3 is 13.1 Å². The molecule has 1 N–H and O–H groups in total. The van der Waals surface area contributed by atoms with Crippen molar-refractivity contribution in [1.82, 2.24) is 0 Å². The average Bonchev–Trinajstić information content (AvgIpc) is 2.17. The third kappa shape index (κ3) is 3.52.